The van der Waals surface area contributed by atoms with Gasteiger partial charge in [0.1, 0.15) is 0 Å². The number of nitrogens with one attached hydrogen (secondary N) is 2. The van der Waals surface area contributed by atoms with Gasteiger partial charge >= 0.3 is 5.97 Å². The maximum atomic E-state index is 12.1. The van der Waals surface area contributed by atoms with E-state index in [0.717, 1.165) is 16.6 Å². The van der Waals surface area contributed by atoms with E-state index < -0.39 is 5.97 Å². The van der Waals surface area contributed by atoms with Gasteiger partial charge in [0.05, 0.1) is 36.5 Å². The van der Waals surface area contributed by atoms with E-state index in [2.05, 4.69) is 20.0 Å². The standard InChI is InChI=1S/C17H15N3O3/c1-23-17(22)12-3-5-13(6-4-12)20-16(21)9-11-2-7-14-15(8-11)19-10-18-14/h2-8,10H,9H2,1H3,(H,18,19)(H,20,21). The fourth-order valence-electron chi connectivity index (χ4n) is 2.29. The van der Waals surface area contributed by atoms with Crippen molar-refractivity contribution in [3.05, 3.63) is 59.9 Å². The number of fused-ring (bicyclic) bond motifs is 1. The van der Waals surface area contributed by atoms with Gasteiger partial charge in [-0.3, -0.25) is 4.79 Å². The topological polar surface area (TPSA) is 84.1 Å². The first-order valence-corrected chi connectivity index (χ1v) is 7.06. The molecule has 1 aromatic heterocycles. The third kappa shape index (κ3) is 3.37. The summed E-state index contributed by atoms with van der Waals surface area (Å²) < 4.78 is 4.63. The molecule has 0 unspecified atom stereocenters. The van der Waals surface area contributed by atoms with E-state index in [1.54, 1.807) is 30.6 Å². The Morgan fingerprint density at radius 1 is 1.17 bits per heavy atom. The van der Waals surface area contributed by atoms with E-state index in [4.69, 9.17) is 0 Å². The van der Waals surface area contributed by atoms with Gasteiger partial charge in [-0.1, -0.05) is 6.07 Å². The van der Waals surface area contributed by atoms with Crippen molar-refractivity contribution in [2.45, 2.75) is 6.42 Å². The Bertz CT molecular complexity index is 853. The number of hydrogen-bond donors (Lipinski definition) is 2. The van der Waals surface area contributed by atoms with Crippen LogP contribution in [0.25, 0.3) is 11.0 Å². The Morgan fingerprint density at radius 2 is 1.96 bits per heavy atom. The largest absolute Gasteiger partial charge is 0.465 e. The van der Waals surface area contributed by atoms with Gasteiger partial charge in [-0.05, 0) is 42.0 Å². The summed E-state index contributed by atoms with van der Waals surface area (Å²) in [6.07, 6.45) is 1.88. The number of amides is 1. The van der Waals surface area contributed by atoms with Gasteiger partial charge in [0.2, 0.25) is 5.91 Å². The van der Waals surface area contributed by atoms with Crippen LogP contribution >= 0.6 is 0 Å². The molecule has 1 heterocycles. The highest BCUT2D eigenvalue weighted by atomic mass is 16.5. The zero-order valence-electron chi connectivity index (χ0n) is 12.5. The monoisotopic (exact) mass is 309 g/mol. The summed E-state index contributed by atoms with van der Waals surface area (Å²) in [4.78, 5) is 30.6. The Hall–Kier alpha value is -3.15. The SMILES string of the molecule is COC(=O)c1ccc(NC(=O)Cc2ccc3nc[nH]c3c2)cc1. The predicted molar refractivity (Wildman–Crippen MR) is 86.2 cm³/mol. The number of aromatic nitrogens is 2. The number of aromatic amines is 1. The molecule has 3 rings (SSSR count). The van der Waals surface area contributed by atoms with E-state index >= 15 is 0 Å². The molecule has 0 spiro atoms. The molecule has 1 amide bonds. The third-order valence-electron chi connectivity index (χ3n) is 3.44. The molecule has 0 aliphatic rings. The normalized spacial score (nSPS) is 10.5. The highest BCUT2D eigenvalue weighted by molar-refractivity contribution is 5.94. The Morgan fingerprint density at radius 3 is 2.70 bits per heavy atom. The lowest BCUT2D eigenvalue weighted by molar-refractivity contribution is -0.115. The second-order valence-corrected chi connectivity index (χ2v) is 5.05. The second kappa shape index (κ2) is 6.31. The molecule has 0 saturated carbocycles. The number of carbonyl (C=O) groups is 2. The number of methoxy groups -OCH3 is 1. The number of hydrogen-bond acceptors (Lipinski definition) is 4. The molecule has 0 atom stereocenters. The molecule has 6 heteroatoms. The number of carbonyl (C=O) groups excluding carboxylic acids is 2. The lowest BCUT2D eigenvalue weighted by Gasteiger charge is -2.06. The number of ether oxygens (including phenoxy) is 1. The number of rotatable bonds is 4. The van der Waals surface area contributed by atoms with E-state index in [9.17, 15) is 9.59 Å². The fraction of sp³-hybridized carbons (Fsp3) is 0.118. The zero-order chi connectivity index (χ0) is 16.2. The van der Waals surface area contributed by atoms with E-state index in [1.165, 1.54) is 7.11 Å². The molecule has 0 aliphatic carbocycles. The minimum Gasteiger partial charge on any atom is -0.465 e. The molecular formula is C17H15N3O3. The van der Waals surface area contributed by atoms with Crippen molar-refractivity contribution >= 4 is 28.6 Å². The van der Waals surface area contributed by atoms with Crippen LogP contribution in [0.1, 0.15) is 15.9 Å². The first-order chi connectivity index (χ1) is 11.2. The number of esters is 1. The van der Waals surface area contributed by atoms with E-state index in [-0.39, 0.29) is 12.3 Å². The zero-order valence-corrected chi connectivity index (χ0v) is 12.5. The van der Waals surface area contributed by atoms with Gasteiger partial charge in [-0.25, -0.2) is 9.78 Å². The van der Waals surface area contributed by atoms with Gasteiger partial charge in [0.15, 0.2) is 0 Å². The van der Waals surface area contributed by atoms with Crippen molar-refractivity contribution in [2.24, 2.45) is 0 Å². The van der Waals surface area contributed by atoms with Crippen LogP contribution in [0.15, 0.2) is 48.8 Å². The smallest absolute Gasteiger partial charge is 0.337 e. The van der Waals surface area contributed by atoms with Crippen LogP contribution in [-0.4, -0.2) is 29.0 Å². The molecule has 6 nitrogen and oxygen atoms in total. The van der Waals surface area contributed by atoms with E-state index in [0.29, 0.717) is 11.3 Å². The highest BCUT2D eigenvalue weighted by Crippen LogP contribution is 2.14. The number of H-pyrrole nitrogens is 1. The first-order valence-electron chi connectivity index (χ1n) is 7.06. The average Bonchev–Trinajstić information content (AvgIpc) is 3.02. The van der Waals surface area contributed by atoms with Crippen LogP contribution in [0, 0.1) is 0 Å². The maximum absolute atomic E-state index is 12.1. The third-order valence-corrected chi connectivity index (χ3v) is 3.44. The van der Waals surface area contributed by atoms with Crippen LogP contribution in [0.3, 0.4) is 0 Å². The van der Waals surface area contributed by atoms with Gasteiger partial charge in [-0.2, -0.15) is 0 Å². The van der Waals surface area contributed by atoms with Crippen LogP contribution in [-0.2, 0) is 16.0 Å². The molecule has 3 aromatic rings. The lowest BCUT2D eigenvalue weighted by atomic mass is 10.1. The molecule has 0 fully saturated rings. The quantitative estimate of drug-likeness (QED) is 0.725. The summed E-state index contributed by atoms with van der Waals surface area (Å²) in [6, 6.07) is 12.2. The highest BCUT2D eigenvalue weighted by Gasteiger charge is 2.08. The Labute approximate surface area is 132 Å². The number of anilines is 1. The van der Waals surface area contributed by atoms with Gasteiger partial charge in [0, 0.05) is 5.69 Å². The maximum Gasteiger partial charge on any atom is 0.337 e. The minimum atomic E-state index is -0.407. The summed E-state index contributed by atoms with van der Waals surface area (Å²) in [5.41, 5.74) is 3.73. The van der Waals surface area contributed by atoms with Crippen molar-refractivity contribution in [1.29, 1.82) is 0 Å². The van der Waals surface area contributed by atoms with Crippen LogP contribution in [0.2, 0.25) is 0 Å². The van der Waals surface area contributed by atoms with Crippen molar-refractivity contribution in [3.8, 4) is 0 Å². The van der Waals surface area contributed by atoms with Gasteiger partial charge < -0.3 is 15.0 Å². The molecule has 0 aliphatic heterocycles. The van der Waals surface area contributed by atoms with Gasteiger partial charge in [0.25, 0.3) is 0 Å². The molecule has 23 heavy (non-hydrogen) atoms. The summed E-state index contributed by atoms with van der Waals surface area (Å²) in [5, 5.41) is 2.80. The number of imidazole rings is 1. The summed E-state index contributed by atoms with van der Waals surface area (Å²) >= 11 is 0. The number of benzene rings is 2. The van der Waals surface area contributed by atoms with Crippen molar-refractivity contribution in [1.82, 2.24) is 9.97 Å². The molecule has 0 saturated heterocycles. The van der Waals surface area contributed by atoms with E-state index in [1.807, 2.05) is 18.2 Å². The average molecular weight is 309 g/mol. The summed E-state index contributed by atoms with van der Waals surface area (Å²) in [6.45, 7) is 0. The molecular weight excluding hydrogens is 294 g/mol. The predicted octanol–water partition coefficient (Wildman–Crippen LogP) is 2.53. The molecule has 116 valence electrons. The minimum absolute atomic E-state index is 0.130. The molecule has 2 aromatic carbocycles. The van der Waals surface area contributed by atoms with Crippen LogP contribution in [0.5, 0.6) is 0 Å². The second-order valence-electron chi connectivity index (χ2n) is 5.05. The van der Waals surface area contributed by atoms with Crippen molar-refractivity contribution in [2.75, 3.05) is 12.4 Å². The lowest BCUT2D eigenvalue weighted by Crippen LogP contribution is -2.14. The summed E-state index contributed by atoms with van der Waals surface area (Å²) in [5.74, 6) is -0.537. The van der Waals surface area contributed by atoms with Gasteiger partial charge in [-0.15, -0.1) is 0 Å². The fourth-order valence-corrected chi connectivity index (χ4v) is 2.29. The molecule has 0 bridgehead atoms. The first kappa shape index (κ1) is 14.8. The van der Waals surface area contributed by atoms with Crippen LogP contribution in [0.4, 0.5) is 5.69 Å². The van der Waals surface area contributed by atoms with Crippen molar-refractivity contribution in [3.63, 3.8) is 0 Å². The van der Waals surface area contributed by atoms with Crippen LogP contribution < -0.4 is 5.32 Å². The molecule has 2 N–H and O–H groups in total. The Kier molecular flexibility index (Phi) is 4.05. The Balaban J connectivity index is 1.65. The summed E-state index contributed by atoms with van der Waals surface area (Å²) in [7, 11) is 1.33. The van der Waals surface area contributed by atoms with Crippen molar-refractivity contribution < 1.29 is 14.3 Å². The number of nitrogens with zero attached hydrogens (tertiary/aromatic N) is 1. The molecule has 0 radical (unpaired) electrons.